The van der Waals surface area contributed by atoms with Crippen LogP contribution in [0.5, 0.6) is 5.75 Å². The third-order valence-electron chi connectivity index (χ3n) is 4.11. The van der Waals surface area contributed by atoms with E-state index in [1.165, 1.54) is 43.2 Å². The number of phenols is 1. The molecular weight excluding hydrogens is 222 g/mol. The standard InChI is InChI=1S/C16H25NO/c1-12-8-9-15(18)10-16(12)14-7-5-3-4-6-13(2)17-11-14/h8-10,13-14,17-18H,3-7,11H2,1-2H3. The highest BCUT2D eigenvalue weighted by Crippen LogP contribution is 2.29. The highest BCUT2D eigenvalue weighted by molar-refractivity contribution is 5.36. The molecule has 2 N–H and O–H groups in total. The first-order valence-corrected chi connectivity index (χ1v) is 7.19. The molecule has 1 saturated heterocycles. The van der Waals surface area contributed by atoms with Crippen LogP contribution in [0, 0.1) is 6.92 Å². The van der Waals surface area contributed by atoms with Gasteiger partial charge in [-0.2, -0.15) is 0 Å². The lowest BCUT2D eigenvalue weighted by molar-refractivity contribution is 0.467. The Bertz CT molecular complexity index is 389. The van der Waals surface area contributed by atoms with E-state index in [9.17, 15) is 5.11 Å². The number of phenolic OH excluding ortho intramolecular Hbond substituents is 1. The van der Waals surface area contributed by atoms with Crippen LogP contribution in [0.3, 0.4) is 0 Å². The zero-order chi connectivity index (χ0) is 13.0. The summed E-state index contributed by atoms with van der Waals surface area (Å²) in [5, 5.41) is 13.3. The molecular formula is C16H25NO. The molecule has 0 radical (unpaired) electrons. The van der Waals surface area contributed by atoms with Gasteiger partial charge in [0.05, 0.1) is 0 Å². The van der Waals surface area contributed by atoms with Crippen molar-refractivity contribution in [1.29, 1.82) is 0 Å². The van der Waals surface area contributed by atoms with Crippen LogP contribution in [0.2, 0.25) is 0 Å². The number of nitrogens with one attached hydrogen (secondary N) is 1. The van der Waals surface area contributed by atoms with Crippen LogP contribution >= 0.6 is 0 Å². The van der Waals surface area contributed by atoms with Crippen molar-refractivity contribution < 1.29 is 5.11 Å². The maximum absolute atomic E-state index is 9.68. The summed E-state index contributed by atoms with van der Waals surface area (Å²) in [5.74, 6) is 0.932. The summed E-state index contributed by atoms with van der Waals surface area (Å²) in [5.41, 5.74) is 2.61. The van der Waals surface area contributed by atoms with Gasteiger partial charge < -0.3 is 10.4 Å². The van der Waals surface area contributed by atoms with E-state index >= 15 is 0 Å². The molecule has 1 aliphatic heterocycles. The van der Waals surface area contributed by atoms with Crippen LogP contribution in [0.15, 0.2) is 18.2 Å². The minimum atomic E-state index is 0.392. The summed E-state index contributed by atoms with van der Waals surface area (Å²) < 4.78 is 0. The SMILES string of the molecule is Cc1ccc(O)cc1C1CCCCCC(C)NC1. The van der Waals surface area contributed by atoms with Gasteiger partial charge in [-0.1, -0.05) is 25.3 Å². The zero-order valence-electron chi connectivity index (χ0n) is 11.6. The van der Waals surface area contributed by atoms with Crippen LogP contribution in [0.4, 0.5) is 0 Å². The Hall–Kier alpha value is -1.02. The molecule has 2 atom stereocenters. The smallest absolute Gasteiger partial charge is 0.115 e. The van der Waals surface area contributed by atoms with Gasteiger partial charge in [-0.05, 0) is 55.9 Å². The number of hydrogen-bond donors (Lipinski definition) is 2. The fraction of sp³-hybridized carbons (Fsp3) is 0.625. The van der Waals surface area contributed by atoms with Gasteiger partial charge in [0.15, 0.2) is 0 Å². The summed E-state index contributed by atoms with van der Waals surface area (Å²) in [6.07, 6.45) is 6.48. The van der Waals surface area contributed by atoms with Crippen molar-refractivity contribution in [3.63, 3.8) is 0 Å². The van der Waals surface area contributed by atoms with Crippen molar-refractivity contribution in [2.45, 2.75) is 57.9 Å². The summed E-state index contributed by atoms with van der Waals surface area (Å²) >= 11 is 0. The fourth-order valence-electron chi connectivity index (χ4n) is 2.90. The normalized spacial score (nSPS) is 26.1. The van der Waals surface area contributed by atoms with Gasteiger partial charge in [0, 0.05) is 12.6 Å². The molecule has 2 nitrogen and oxygen atoms in total. The van der Waals surface area contributed by atoms with Crippen molar-refractivity contribution in [3.8, 4) is 5.75 Å². The first-order valence-electron chi connectivity index (χ1n) is 7.19. The molecule has 1 aromatic rings. The van der Waals surface area contributed by atoms with Crippen molar-refractivity contribution in [3.05, 3.63) is 29.3 Å². The van der Waals surface area contributed by atoms with E-state index in [0.29, 0.717) is 17.7 Å². The summed E-state index contributed by atoms with van der Waals surface area (Å²) in [4.78, 5) is 0. The molecule has 0 saturated carbocycles. The Morgan fingerprint density at radius 1 is 1.17 bits per heavy atom. The first kappa shape index (κ1) is 13.4. The molecule has 0 aromatic heterocycles. The third kappa shape index (κ3) is 3.49. The lowest BCUT2D eigenvalue weighted by Crippen LogP contribution is -2.30. The molecule has 100 valence electrons. The van der Waals surface area contributed by atoms with Gasteiger partial charge in [0.1, 0.15) is 5.75 Å². The Labute approximate surface area is 110 Å². The molecule has 2 rings (SSSR count). The summed E-state index contributed by atoms with van der Waals surface area (Å²) in [7, 11) is 0. The van der Waals surface area contributed by atoms with Crippen molar-refractivity contribution >= 4 is 0 Å². The molecule has 1 aliphatic rings. The number of aromatic hydroxyl groups is 1. The van der Waals surface area contributed by atoms with Gasteiger partial charge in [-0.3, -0.25) is 0 Å². The Morgan fingerprint density at radius 3 is 2.78 bits per heavy atom. The molecule has 18 heavy (non-hydrogen) atoms. The lowest BCUT2D eigenvalue weighted by atomic mass is 9.90. The molecule has 0 amide bonds. The van der Waals surface area contributed by atoms with Crippen LogP contribution < -0.4 is 5.32 Å². The van der Waals surface area contributed by atoms with Crippen molar-refractivity contribution in [1.82, 2.24) is 5.32 Å². The van der Waals surface area contributed by atoms with E-state index in [-0.39, 0.29) is 0 Å². The average molecular weight is 247 g/mol. The average Bonchev–Trinajstić information content (AvgIpc) is 2.45. The number of aryl methyl sites for hydroxylation is 1. The second-order valence-electron chi connectivity index (χ2n) is 5.69. The number of rotatable bonds is 1. The largest absolute Gasteiger partial charge is 0.508 e. The molecule has 1 heterocycles. The minimum Gasteiger partial charge on any atom is -0.508 e. The van der Waals surface area contributed by atoms with E-state index in [4.69, 9.17) is 0 Å². The maximum Gasteiger partial charge on any atom is 0.115 e. The molecule has 2 heteroatoms. The van der Waals surface area contributed by atoms with Crippen LogP contribution in [0.25, 0.3) is 0 Å². The fourth-order valence-corrected chi connectivity index (χ4v) is 2.90. The Kier molecular flexibility index (Phi) is 4.65. The topological polar surface area (TPSA) is 32.3 Å². The van der Waals surface area contributed by atoms with E-state index in [1.807, 2.05) is 12.1 Å². The van der Waals surface area contributed by atoms with Gasteiger partial charge >= 0.3 is 0 Å². The summed E-state index contributed by atoms with van der Waals surface area (Å²) in [6, 6.07) is 6.37. The number of benzene rings is 1. The lowest BCUT2D eigenvalue weighted by Gasteiger charge is -2.21. The highest BCUT2D eigenvalue weighted by atomic mass is 16.3. The van der Waals surface area contributed by atoms with E-state index < -0.39 is 0 Å². The van der Waals surface area contributed by atoms with Gasteiger partial charge in [0.25, 0.3) is 0 Å². The predicted molar refractivity (Wildman–Crippen MR) is 76.1 cm³/mol. The third-order valence-corrected chi connectivity index (χ3v) is 4.11. The first-order chi connectivity index (χ1) is 8.66. The second-order valence-corrected chi connectivity index (χ2v) is 5.69. The zero-order valence-corrected chi connectivity index (χ0v) is 11.6. The van der Waals surface area contributed by atoms with E-state index in [2.05, 4.69) is 19.2 Å². The minimum absolute atomic E-state index is 0.392. The monoisotopic (exact) mass is 247 g/mol. The Balaban J connectivity index is 2.15. The number of hydrogen-bond acceptors (Lipinski definition) is 2. The van der Waals surface area contributed by atoms with Gasteiger partial charge in [-0.25, -0.2) is 0 Å². The van der Waals surface area contributed by atoms with Crippen LogP contribution in [-0.2, 0) is 0 Å². The molecule has 0 spiro atoms. The molecule has 0 aliphatic carbocycles. The van der Waals surface area contributed by atoms with Crippen LogP contribution in [-0.4, -0.2) is 17.7 Å². The predicted octanol–water partition coefficient (Wildman–Crippen LogP) is 3.73. The Morgan fingerprint density at radius 2 is 1.94 bits per heavy atom. The highest BCUT2D eigenvalue weighted by Gasteiger charge is 2.17. The molecule has 2 unspecified atom stereocenters. The quantitative estimate of drug-likeness (QED) is 0.792. The molecule has 0 bridgehead atoms. The van der Waals surface area contributed by atoms with Crippen molar-refractivity contribution in [2.24, 2.45) is 0 Å². The van der Waals surface area contributed by atoms with Crippen molar-refractivity contribution in [2.75, 3.05) is 6.54 Å². The van der Waals surface area contributed by atoms with E-state index in [1.54, 1.807) is 6.07 Å². The van der Waals surface area contributed by atoms with Gasteiger partial charge in [0.2, 0.25) is 0 Å². The van der Waals surface area contributed by atoms with E-state index in [0.717, 1.165) is 6.54 Å². The van der Waals surface area contributed by atoms with Gasteiger partial charge in [-0.15, -0.1) is 0 Å². The summed E-state index contributed by atoms with van der Waals surface area (Å²) in [6.45, 7) is 5.45. The maximum atomic E-state index is 9.68. The second kappa shape index (κ2) is 6.24. The van der Waals surface area contributed by atoms with Crippen LogP contribution in [0.1, 0.15) is 56.1 Å². The molecule has 1 fully saturated rings. The molecule has 1 aromatic carbocycles.